The molecule has 1 aromatic rings. The standard InChI is InChI=1S/C11H16N4O2S2/c1-5(2)9-14(18)7-8(16)12-11(17)13(6(3)4)10(7)15(9)19/h5-6,14H,1-4H3,(H,12,16,17). The number of aromatic amines is 1. The van der Waals surface area contributed by atoms with Gasteiger partial charge in [0.05, 0.1) is 5.92 Å². The quantitative estimate of drug-likeness (QED) is 0.558. The van der Waals surface area contributed by atoms with E-state index in [1.165, 1.54) is 8.55 Å². The van der Waals surface area contributed by atoms with Crippen LogP contribution >= 0.6 is 0 Å². The van der Waals surface area contributed by atoms with Gasteiger partial charge in [0, 0.05) is 0 Å². The first-order valence-corrected chi connectivity index (χ1v) is 6.82. The van der Waals surface area contributed by atoms with Crippen LogP contribution in [0.25, 0.3) is 0 Å². The van der Waals surface area contributed by atoms with Crippen molar-refractivity contribution in [2.45, 2.75) is 33.7 Å². The second-order valence-electron chi connectivity index (χ2n) is 5.09. The minimum absolute atomic E-state index is 0.0903. The van der Waals surface area contributed by atoms with Crippen LogP contribution in [0.15, 0.2) is 9.59 Å². The lowest BCUT2D eigenvalue weighted by molar-refractivity contribution is -0.576. The monoisotopic (exact) mass is 300 g/mol. The number of quaternary nitrogens is 1. The van der Waals surface area contributed by atoms with Crippen molar-refractivity contribution >= 4 is 43.0 Å². The van der Waals surface area contributed by atoms with Gasteiger partial charge in [0.15, 0.2) is 0 Å². The summed E-state index contributed by atoms with van der Waals surface area (Å²) in [5, 5.41) is 0. The average molecular weight is 300 g/mol. The number of nitrogens with one attached hydrogen (secondary N) is 2. The summed E-state index contributed by atoms with van der Waals surface area (Å²) >= 11 is 10.7. The number of hydrogen-bond acceptors (Lipinski definition) is 4. The molecule has 2 N–H and O–H groups in total. The smallest absolute Gasteiger partial charge is 0.416 e. The van der Waals surface area contributed by atoms with Crippen LogP contribution in [-0.4, -0.2) is 19.4 Å². The van der Waals surface area contributed by atoms with Crippen LogP contribution in [0.5, 0.6) is 0 Å². The van der Waals surface area contributed by atoms with Gasteiger partial charge in [-0.1, -0.05) is 0 Å². The molecule has 8 heteroatoms. The van der Waals surface area contributed by atoms with Crippen molar-refractivity contribution in [3.8, 4) is 0 Å². The van der Waals surface area contributed by atoms with Crippen molar-refractivity contribution in [1.82, 2.24) is 9.55 Å². The maximum absolute atomic E-state index is 12.0. The second-order valence-corrected chi connectivity index (χ2v) is 5.86. The first-order chi connectivity index (χ1) is 8.77. The summed E-state index contributed by atoms with van der Waals surface area (Å²) in [5.41, 5.74) is -0.587. The summed E-state index contributed by atoms with van der Waals surface area (Å²) in [4.78, 5) is 26.2. The van der Waals surface area contributed by atoms with Gasteiger partial charge < -0.3 is 29.9 Å². The number of nitrogens with zero attached hydrogens (tertiary/aromatic N) is 2. The summed E-state index contributed by atoms with van der Waals surface area (Å²) in [6, 6.07) is -0.113. The number of hydrogen-bond donors (Lipinski definition) is 2. The van der Waals surface area contributed by atoms with Gasteiger partial charge in [-0.3, -0.25) is 8.78 Å². The molecule has 0 fully saturated rings. The highest BCUT2D eigenvalue weighted by atomic mass is 32.1. The SMILES string of the molecule is CC(C)C1=[N+]([S-])c2c(c(=O)[nH]c(=O)n2C(C)C)[NH+]1[S-]. The molecular formula is C11H16N4O2S2. The normalized spacial score (nSPS) is 18.6. The molecule has 0 spiro atoms. The van der Waals surface area contributed by atoms with E-state index in [0.29, 0.717) is 15.8 Å². The summed E-state index contributed by atoms with van der Waals surface area (Å²) < 4.78 is 3.38. The predicted molar refractivity (Wildman–Crippen MR) is 76.8 cm³/mol. The lowest BCUT2D eigenvalue weighted by Crippen LogP contribution is -3.06. The van der Waals surface area contributed by atoms with Crippen LogP contribution in [0.3, 0.4) is 0 Å². The van der Waals surface area contributed by atoms with Crippen LogP contribution in [0.2, 0.25) is 0 Å². The Hall–Kier alpha value is -1.12. The van der Waals surface area contributed by atoms with Crippen LogP contribution in [0.4, 0.5) is 11.5 Å². The topological polar surface area (TPSA) is 62.3 Å². The Kier molecular flexibility index (Phi) is 3.59. The molecule has 1 aromatic heterocycles. The zero-order chi connectivity index (χ0) is 14.5. The predicted octanol–water partition coefficient (Wildman–Crippen LogP) is -0.730. The molecule has 2 rings (SSSR count). The van der Waals surface area contributed by atoms with E-state index >= 15 is 0 Å². The number of fused-ring (bicyclic) bond motifs is 1. The minimum atomic E-state index is -0.465. The Balaban J connectivity index is 2.89. The van der Waals surface area contributed by atoms with E-state index in [9.17, 15) is 9.59 Å². The molecule has 104 valence electrons. The van der Waals surface area contributed by atoms with Gasteiger partial charge in [-0.15, -0.1) is 0 Å². The molecule has 1 atom stereocenters. The minimum Gasteiger partial charge on any atom is -0.549 e. The van der Waals surface area contributed by atoms with Gasteiger partial charge >= 0.3 is 17.1 Å². The van der Waals surface area contributed by atoms with Crippen molar-refractivity contribution in [3.05, 3.63) is 20.8 Å². The van der Waals surface area contributed by atoms with Crippen molar-refractivity contribution in [2.24, 2.45) is 5.92 Å². The van der Waals surface area contributed by atoms with E-state index in [-0.39, 0.29) is 12.0 Å². The summed E-state index contributed by atoms with van der Waals surface area (Å²) in [6.45, 7) is 7.64. The molecule has 0 saturated carbocycles. The van der Waals surface area contributed by atoms with Gasteiger partial charge in [0.2, 0.25) is 5.84 Å². The van der Waals surface area contributed by atoms with E-state index in [4.69, 9.17) is 25.6 Å². The molecule has 1 aliphatic heterocycles. The maximum Gasteiger partial charge on any atom is 0.416 e. The molecule has 0 amide bonds. The third kappa shape index (κ3) is 2.03. The molecule has 1 unspecified atom stereocenters. The molecule has 0 aromatic carbocycles. The molecule has 1 aliphatic rings. The third-order valence-corrected chi connectivity index (χ3v) is 3.84. The summed E-state index contributed by atoms with van der Waals surface area (Å²) in [6.07, 6.45) is 0. The molecule has 0 saturated heterocycles. The number of aromatic nitrogens is 2. The van der Waals surface area contributed by atoms with Gasteiger partial charge in [-0.25, -0.2) is 9.78 Å². The van der Waals surface area contributed by atoms with Crippen molar-refractivity contribution < 1.29 is 8.29 Å². The van der Waals surface area contributed by atoms with Crippen LogP contribution < -0.4 is 15.6 Å². The fourth-order valence-corrected chi connectivity index (χ4v) is 3.30. The van der Waals surface area contributed by atoms with Crippen LogP contribution in [-0.2, 0) is 25.6 Å². The van der Waals surface area contributed by atoms with E-state index in [2.05, 4.69) is 4.98 Å². The highest BCUT2D eigenvalue weighted by Crippen LogP contribution is 2.23. The molecule has 0 radical (unpaired) electrons. The molecule has 19 heavy (non-hydrogen) atoms. The fraction of sp³-hybridized carbons (Fsp3) is 0.545. The van der Waals surface area contributed by atoms with Crippen molar-refractivity contribution in [1.29, 1.82) is 0 Å². The molecular weight excluding hydrogens is 284 g/mol. The largest absolute Gasteiger partial charge is 0.549 e. The van der Waals surface area contributed by atoms with Crippen LogP contribution in [0, 0.1) is 5.92 Å². The lowest BCUT2D eigenvalue weighted by atomic mass is 10.2. The van der Waals surface area contributed by atoms with Gasteiger partial charge in [-0.05, 0) is 27.7 Å². The lowest BCUT2D eigenvalue weighted by Gasteiger charge is -2.19. The summed E-state index contributed by atoms with van der Waals surface area (Å²) in [7, 11) is 0. The zero-order valence-electron chi connectivity index (χ0n) is 11.2. The van der Waals surface area contributed by atoms with Crippen molar-refractivity contribution in [2.75, 3.05) is 0 Å². The molecule has 0 aliphatic carbocycles. The first-order valence-electron chi connectivity index (χ1n) is 6.05. The molecule has 6 nitrogen and oxygen atoms in total. The van der Waals surface area contributed by atoms with E-state index in [1.807, 2.05) is 27.7 Å². The van der Waals surface area contributed by atoms with Crippen molar-refractivity contribution in [3.63, 3.8) is 0 Å². The second kappa shape index (κ2) is 4.77. The first kappa shape index (κ1) is 14.3. The highest BCUT2D eigenvalue weighted by molar-refractivity contribution is 7.52. The molecule has 2 heterocycles. The number of amidine groups is 1. The van der Waals surface area contributed by atoms with Gasteiger partial charge in [0.1, 0.15) is 6.04 Å². The highest BCUT2D eigenvalue weighted by Gasteiger charge is 2.38. The van der Waals surface area contributed by atoms with E-state index in [1.54, 1.807) is 0 Å². The zero-order valence-corrected chi connectivity index (χ0v) is 12.8. The Bertz CT molecular complexity index is 672. The number of rotatable bonds is 2. The number of H-pyrrole nitrogens is 1. The maximum atomic E-state index is 12.0. The van der Waals surface area contributed by atoms with Crippen LogP contribution in [0.1, 0.15) is 33.7 Å². The van der Waals surface area contributed by atoms with Gasteiger partial charge in [0.25, 0.3) is 5.69 Å². The third-order valence-electron chi connectivity index (χ3n) is 3.05. The summed E-state index contributed by atoms with van der Waals surface area (Å²) in [5.74, 6) is 1.24. The Morgan fingerprint density at radius 2 is 1.84 bits per heavy atom. The van der Waals surface area contributed by atoms with E-state index < -0.39 is 11.2 Å². The fourth-order valence-electron chi connectivity index (χ4n) is 2.25. The Labute approximate surface area is 121 Å². The Morgan fingerprint density at radius 1 is 1.26 bits per heavy atom. The van der Waals surface area contributed by atoms with E-state index in [0.717, 1.165) is 5.84 Å². The van der Waals surface area contributed by atoms with Gasteiger partial charge in [-0.2, -0.15) is 4.57 Å². The Morgan fingerprint density at radius 3 is 2.32 bits per heavy atom. The average Bonchev–Trinajstić information content (AvgIpc) is 2.50. The molecule has 0 bridgehead atoms.